The molecule has 0 aromatic carbocycles. The molecule has 0 saturated carbocycles. The van der Waals surface area contributed by atoms with Gasteiger partial charge >= 0.3 is 5.97 Å². The van der Waals surface area contributed by atoms with Gasteiger partial charge in [0.1, 0.15) is 9.84 Å². The van der Waals surface area contributed by atoms with E-state index >= 15 is 0 Å². The second kappa shape index (κ2) is 6.72. The van der Waals surface area contributed by atoms with Gasteiger partial charge < -0.3 is 10.4 Å². The lowest BCUT2D eigenvalue weighted by atomic mass is 9.98. The molecule has 0 aromatic rings. The number of carboxylic acid groups (broad SMARTS) is 1. The molecule has 0 heterocycles. The Labute approximate surface area is 108 Å². The van der Waals surface area contributed by atoms with Gasteiger partial charge in [-0.3, -0.25) is 9.59 Å². The molecule has 6 nitrogen and oxygen atoms in total. The number of carbonyl (C=O) groups is 2. The first kappa shape index (κ1) is 16.9. The second-order valence-corrected chi connectivity index (χ2v) is 7.32. The van der Waals surface area contributed by atoms with Gasteiger partial charge in [0.15, 0.2) is 0 Å². The van der Waals surface area contributed by atoms with E-state index in [4.69, 9.17) is 5.11 Å². The zero-order valence-corrected chi connectivity index (χ0v) is 11.8. The Morgan fingerprint density at radius 1 is 1.22 bits per heavy atom. The Morgan fingerprint density at radius 2 is 1.78 bits per heavy atom. The van der Waals surface area contributed by atoms with Crippen LogP contribution in [-0.4, -0.2) is 42.9 Å². The quantitative estimate of drug-likeness (QED) is 0.676. The third-order valence-corrected chi connectivity index (χ3v) is 3.39. The molecule has 0 unspecified atom stereocenters. The Balaban J connectivity index is 4.03. The molecule has 0 radical (unpaired) electrons. The number of amides is 1. The number of rotatable bonds is 8. The molecule has 18 heavy (non-hydrogen) atoms. The highest BCUT2D eigenvalue weighted by atomic mass is 32.2. The van der Waals surface area contributed by atoms with Gasteiger partial charge in [-0.15, -0.1) is 0 Å². The molecular formula is C11H21NO5S. The standard InChI is InChI=1S/C11H21NO5S/c1-11(2,7-6-10(14)15)12-9(13)5-4-8-18(3,16)17/h4-8H2,1-3H3,(H,12,13)(H,14,15). The van der Waals surface area contributed by atoms with Crippen molar-refractivity contribution in [3.63, 3.8) is 0 Å². The molecule has 2 N–H and O–H groups in total. The van der Waals surface area contributed by atoms with E-state index in [9.17, 15) is 18.0 Å². The van der Waals surface area contributed by atoms with E-state index in [2.05, 4.69) is 5.32 Å². The third kappa shape index (κ3) is 10.1. The number of carboxylic acids is 1. The number of sulfone groups is 1. The Bertz CT molecular complexity index is 400. The fourth-order valence-electron chi connectivity index (χ4n) is 1.42. The lowest BCUT2D eigenvalue weighted by molar-refractivity contribution is -0.137. The van der Waals surface area contributed by atoms with Gasteiger partial charge in [-0.05, 0) is 26.7 Å². The van der Waals surface area contributed by atoms with Crippen molar-refractivity contribution in [3.05, 3.63) is 0 Å². The molecule has 0 aliphatic heterocycles. The number of aliphatic carboxylic acids is 1. The summed E-state index contributed by atoms with van der Waals surface area (Å²) in [6.07, 6.45) is 1.85. The molecule has 0 bridgehead atoms. The van der Waals surface area contributed by atoms with Crippen LogP contribution in [0.2, 0.25) is 0 Å². The van der Waals surface area contributed by atoms with Gasteiger partial charge in [0.05, 0.1) is 5.75 Å². The number of nitrogens with one attached hydrogen (secondary N) is 1. The second-order valence-electron chi connectivity index (χ2n) is 5.06. The summed E-state index contributed by atoms with van der Waals surface area (Å²) in [6, 6.07) is 0. The number of hydrogen-bond donors (Lipinski definition) is 2. The average Bonchev–Trinajstić information content (AvgIpc) is 2.12. The van der Waals surface area contributed by atoms with Gasteiger partial charge in [0.2, 0.25) is 5.91 Å². The fraction of sp³-hybridized carbons (Fsp3) is 0.818. The maximum absolute atomic E-state index is 11.5. The van der Waals surface area contributed by atoms with Crippen LogP contribution in [-0.2, 0) is 19.4 Å². The molecule has 7 heteroatoms. The van der Waals surface area contributed by atoms with Crippen molar-refractivity contribution in [2.75, 3.05) is 12.0 Å². The summed E-state index contributed by atoms with van der Waals surface area (Å²) < 4.78 is 21.8. The van der Waals surface area contributed by atoms with Crippen molar-refractivity contribution in [2.45, 2.75) is 45.1 Å². The van der Waals surface area contributed by atoms with Crippen molar-refractivity contribution in [3.8, 4) is 0 Å². The Kier molecular flexibility index (Phi) is 6.31. The van der Waals surface area contributed by atoms with Gasteiger partial charge in [-0.25, -0.2) is 8.42 Å². The molecule has 0 aromatic heterocycles. The highest BCUT2D eigenvalue weighted by molar-refractivity contribution is 7.90. The molecule has 0 atom stereocenters. The molecule has 0 aliphatic rings. The third-order valence-electron chi connectivity index (χ3n) is 2.36. The van der Waals surface area contributed by atoms with Crippen LogP contribution in [0.4, 0.5) is 0 Å². The monoisotopic (exact) mass is 279 g/mol. The van der Waals surface area contributed by atoms with Crippen LogP contribution in [0.15, 0.2) is 0 Å². The lowest BCUT2D eigenvalue weighted by Gasteiger charge is -2.25. The summed E-state index contributed by atoms with van der Waals surface area (Å²) >= 11 is 0. The normalized spacial score (nSPS) is 12.2. The van der Waals surface area contributed by atoms with Crippen molar-refractivity contribution in [1.29, 1.82) is 0 Å². The summed E-state index contributed by atoms with van der Waals surface area (Å²) in [5, 5.41) is 11.3. The van der Waals surface area contributed by atoms with Crippen LogP contribution in [0.25, 0.3) is 0 Å². The van der Waals surface area contributed by atoms with Crippen LogP contribution in [0, 0.1) is 0 Å². The predicted molar refractivity (Wildman–Crippen MR) is 68.0 cm³/mol. The maximum atomic E-state index is 11.5. The molecule has 0 aliphatic carbocycles. The molecule has 0 rings (SSSR count). The summed E-state index contributed by atoms with van der Waals surface area (Å²) in [6.45, 7) is 3.48. The Hall–Kier alpha value is -1.11. The fourth-order valence-corrected chi connectivity index (χ4v) is 2.09. The van der Waals surface area contributed by atoms with E-state index in [-0.39, 0.29) is 30.9 Å². The van der Waals surface area contributed by atoms with Crippen LogP contribution < -0.4 is 5.32 Å². The van der Waals surface area contributed by atoms with Gasteiger partial charge in [-0.1, -0.05) is 0 Å². The van der Waals surface area contributed by atoms with E-state index in [0.29, 0.717) is 6.42 Å². The first-order chi connectivity index (χ1) is 8.02. The Morgan fingerprint density at radius 3 is 2.22 bits per heavy atom. The molecule has 0 fully saturated rings. The minimum absolute atomic E-state index is 0.0172. The molecule has 0 saturated heterocycles. The van der Waals surface area contributed by atoms with E-state index in [1.54, 1.807) is 13.8 Å². The van der Waals surface area contributed by atoms with Crippen LogP contribution in [0.1, 0.15) is 39.5 Å². The summed E-state index contributed by atoms with van der Waals surface area (Å²) in [5.74, 6) is -1.18. The van der Waals surface area contributed by atoms with Crippen LogP contribution in [0.3, 0.4) is 0 Å². The predicted octanol–water partition coefficient (Wildman–Crippen LogP) is 0.571. The maximum Gasteiger partial charge on any atom is 0.303 e. The van der Waals surface area contributed by atoms with Gasteiger partial charge in [0.25, 0.3) is 0 Å². The topological polar surface area (TPSA) is 101 Å². The minimum atomic E-state index is -3.04. The van der Waals surface area contributed by atoms with Crippen molar-refractivity contribution in [2.24, 2.45) is 0 Å². The minimum Gasteiger partial charge on any atom is -0.481 e. The van der Waals surface area contributed by atoms with Crippen molar-refractivity contribution >= 4 is 21.7 Å². The largest absolute Gasteiger partial charge is 0.481 e. The van der Waals surface area contributed by atoms with Crippen molar-refractivity contribution < 1.29 is 23.1 Å². The van der Waals surface area contributed by atoms with Crippen molar-refractivity contribution in [1.82, 2.24) is 5.32 Å². The summed E-state index contributed by atoms with van der Waals surface area (Å²) in [7, 11) is -3.04. The first-order valence-electron chi connectivity index (χ1n) is 5.72. The molecule has 1 amide bonds. The zero-order chi connectivity index (χ0) is 14.4. The van der Waals surface area contributed by atoms with E-state index in [1.807, 2.05) is 0 Å². The number of carbonyl (C=O) groups excluding carboxylic acids is 1. The van der Waals surface area contributed by atoms with E-state index in [1.165, 1.54) is 0 Å². The smallest absolute Gasteiger partial charge is 0.303 e. The van der Waals surface area contributed by atoms with Crippen LogP contribution in [0.5, 0.6) is 0 Å². The highest BCUT2D eigenvalue weighted by Gasteiger charge is 2.21. The molecule has 106 valence electrons. The number of hydrogen-bond acceptors (Lipinski definition) is 4. The van der Waals surface area contributed by atoms with Gasteiger partial charge in [-0.2, -0.15) is 0 Å². The van der Waals surface area contributed by atoms with E-state index in [0.717, 1.165) is 6.26 Å². The molecule has 0 spiro atoms. The first-order valence-corrected chi connectivity index (χ1v) is 7.78. The van der Waals surface area contributed by atoms with Gasteiger partial charge in [0, 0.05) is 24.6 Å². The zero-order valence-electron chi connectivity index (χ0n) is 11.0. The molecular weight excluding hydrogens is 258 g/mol. The average molecular weight is 279 g/mol. The lowest BCUT2D eigenvalue weighted by Crippen LogP contribution is -2.43. The SMILES string of the molecule is CC(C)(CCC(=O)O)NC(=O)CCCS(C)(=O)=O. The van der Waals surface area contributed by atoms with Crippen LogP contribution >= 0.6 is 0 Å². The summed E-state index contributed by atoms with van der Waals surface area (Å²) in [5.41, 5.74) is -0.597. The summed E-state index contributed by atoms with van der Waals surface area (Å²) in [4.78, 5) is 22.0. The van der Waals surface area contributed by atoms with E-state index < -0.39 is 21.3 Å². The highest BCUT2D eigenvalue weighted by Crippen LogP contribution is 2.11.